The number of carbonyl (C=O) groups excluding carboxylic acids is 1. The van der Waals surface area contributed by atoms with Crippen molar-refractivity contribution in [3.05, 3.63) is 51.3 Å². The summed E-state index contributed by atoms with van der Waals surface area (Å²) in [5.74, 6) is -0.802. The third-order valence-electron chi connectivity index (χ3n) is 6.21. The summed E-state index contributed by atoms with van der Waals surface area (Å²) >= 11 is 0. The second kappa shape index (κ2) is 7.72. The number of aromatic nitrogens is 1. The molecule has 1 spiro atoms. The van der Waals surface area contributed by atoms with Gasteiger partial charge < -0.3 is 19.1 Å². The summed E-state index contributed by atoms with van der Waals surface area (Å²) in [5.41, 5.74) is 1.95. The maximum atomic E-state index is 12.5. The first-order valence-electron chi connectivity index (χ1n) is 10.2. The topological polar surface area (TPSA) is 94.8 Å². The van der Waals surface area contributed by atoms with E-state index in [9.17, 15) is 19.5 Å². The van der Waals surface area contributed by atoms with Gasteiger partial charge in [0, 0.05) is 43.5 Å². The number of hydrogen-bond donors (Lipinski definition) is 1. The van der Waals surface area contributed by atoms with Gasteiger partial charge in [-0.15, -0.1) is 0 Å². The van der Waals surface area contributed by atoms with Crippen LogP contribution in [0.1, 0.15) is 58.9 Å². The summed E-state index contributed by atoms with van der Waals surface area (Å²) in [6, 6.07) is 5.09. The number of carboxylic acids is 1. The predicted octanol–water partition coefficient (Wildman–Crippen LogP) is 3.27. The largest absolute Gasteiger partial charge is 0.493 e. The number of pyridine rings is 1. The Balaban J connectivity index is 1.85. The van der Waals surface area contributed by atoms with Gasteiger partial charge in [-0.05, 0) is 50.3 Å². The van der Waals surface area contributed by atoms with Gasteiger partial charge in [0.2, 0.25) is 0 Å². The first-order valence-corrected chi connectivity index (χ1v) is 10.2. The lowest BCUT2D eigenvalue weighted by atomic mass is 9.69. The molecule has 1 aromatic carbocycles. The number of benzene rings is 1. The van der Waals surface area contributed by atoms with Crippen LogP contribution in [0.15, 0.2) is 29.2 Å². The van der Waals surface area contributed by atoms with Crippen molar-refractivity contribution in [2.75, 3.05) is 20.3 Å². The van der Waals surface area contributed by atoms with Gasteiger partial charge in [0.05, 0.1) is 17.9 Å². The summed E-state index contributed by atoms with van der Waals surface area (Å²) in [4.78, 5) is 36.3. The smallest absolute Gasteiger partial charge is 0.341 e. The van der Waals surface area contributed by atoms with E-state index in [0.29, 0.717) is 43.1 Å². The molecule has 7 heteroatoms. The molecule has 4 rings (SSSR count). The number of methoxy groups -OCH3 is 1. The zero-order chi connectivity index (χ0) is 21.5. The molecule has 0 atom stereocenters. The second-order valence-electron chi connectivity index (χ2n) is 8.12. The van der Waals surface area contributed by atoms with Crippen molar-refractivity contribution >= 4 is 11.8 Å². The zero-order valence-electron chi connectivity index (χ0n) is 17.2. The Kier molecular flexibility index (Phi) is 5.24. The summed E-state index contributed by atoms with van der Waals surface area (Å²) in [7, 11) is 1.63. The highest BCUT2D eigenvalue weighted by Crippen LogP contribution is 2.49. The van der Waals surface area contributed by atoms with Crippen LogP contribution in [0.25, 0.3) is 11.3 Å². The number of ketones is 1. The van der Waals surface area contributed by atoms with Crippen LogP contribution in [-0.4, -0.2) is 41.7 Å². The Morgan fingerprint density at radius 1 is 1.17 bits per heavy atom. The van der Waals surface area contributed by atoms with Crippen LogP contribution in [0.5, 0.6) is 5.75 Å². The molecule has 0 bridgehead atoms. The van der Waals surface area contributed by atoms with E-state index in [4.69, 9.17) is 9.47 Å². The van der Waals surface area contributed by atoms with Crippen LogP contribution in [0.3, 0.4) is 0 Å². The highest BCUT2D eigenvalue weighted by Gasteiger charge is 2.43. The normalized spacial score (nSPS) is 15.8. The number of nitrogens with zero attached hydrogens (tertiary/aromatic N) is 1. The fourth-order valence-electron chi connectivity index (χ4n) is 4.52. The quantitative estimate of drug-likeness (QED) is 0.555. The summed E-state index contributed by atoms with van der Waals surface area (Å²) in [6.45, 7) is 2.50. The fourth-order valence-corrected chi connectivity index (χ4v) is 4.52. The molecule has 1 N–H and O–H groups in total. The van der Waals surface area contributed by atoms with Gasteiger partial charge >= 0.3 is 5.97 Å². The molecule has 2 aliphatic rings. The van der Waals surface area contributed by atoms with Crippen LogP contribution in [0, 0.1) is 0 Å². The molecule has 0 amide bonds. The van der Waals surface area contributed by atoms with E-state index in [1.807, 2.05) is 10.6 Å². The van der Waals surface area contributed by atoms with Crippen molar-refractivity contribution in [1.29, 1.82) is 0 Å². The Morgan fingerprint density at radius 2 is 1.93 bits per heavy atom. The number of rotatable bonds is 7. The van der Waals surface area contributed by atoms with Gasteiger partial charge in [0.1, 0.15) is 11.3 Å². The van der Waals surface area contributed by atoms with Gasteiger partial charge in [-0.25, -0.2) is 4.79 Å². The Hall–Kier alpha value is -2.93. The minimum absolute atomic E-state index is 0.125. The number of carbonyl (C=O) groups is 2. The van der Waals surface area contributed by atoms with Crippen LogP contribution < -0.4 is 10.2 Å². The monoisotopic (exact) mass is 411 g/mol. The third-order valence-corrected chi connectivity index (χ3v) is 6.21. The van der Waals surface area contributed by atoms with Gasteiger partial charge in [0.15, 0.2) is 11.2 Å². The predicted molar refractivity (Wildman–Crippen MR) is 111 cm³/mol. The minimum Gasteiger partial charge on any atom is -0.493 e. The van der Waals surface area contributed by atoms with E-state index >= 15 is 0 Å². The number of hydrogen-bond acceptors (Lipinski definition) is 5. The highest BCUT2D eigenvalue weighted by molar-refractivity contribution is 5.98. The molecule has 7 nitrogen and oxygen atoms in total. The molecule has 0 unspecified atom stereocenters. The van der Waals surface area contributed by atoms with Gasteiger partial charge in [-0.2, -0.15) is 0 Å². The lowest BCUT2D eigenvalue weighted by molar-refractivity contribution is 0.0691. The lowest BCUT2D eigenvalue weighted by Crippen LogP contribution is -2.46. The first kappa shape index (κ1) is 20.3. The van der Waals surface area contributed by atoms with E-state index in [1.54, 1.807) is 13.2 Å². The molecule has 1 aliphatic carbocycles. The van der Waals surface area contributed by atoms with E-state index in [0.717, 1.165) is 30.4 Å². The van der Waals surface area contributed by atoms with Crippen molar-refractivity contribution in [1.82, 2.24) is 4.57 Å². The molecular formula is C23H25NO6. The van der Waals surface area contributed by atoms with E-state index in [2.05, 4.69) is 0 Å². The van der Waals surface area contributed by atoms with Gasteiger partial charge in [-0.3, -0.25) is 9.59 Å². The molecule has 0 radical (unpaired) electrons. The van der Waals surface area contributed by atoms with Crippen LogP contribution in [0.4, 0.5) is 0 Å². The zero-order valence-corrected chi connectivity index (χ0v) is 17.2. The maximum Gasteiger partial charge on any atom is 0.341 e. The molecule has 1 aromatic heterocycles. The number of ether oxygens (including phenoxy) is 2. The van der Waals surface area contributed by atoms with Crippen molar-refractivity contribution in [3.63, 3.8) is 0 Å². The third kappa shape index (κ3) is 3.33. The SMILES string of the molecule is COCCCOc1cc2c(cc1C(C)=O)-c1cc(=O)c(C(=O)O)cn1C1(CCC1)C2. The summed E-state index contributed by atoms with van der Waals surface area (Å²) in [6.07, 6.45) is 5.79. The Morgan fingerprint density at radius 3 is 2.53 bits per heavy atom. The molecule has 2 aromatic rings. The molecule has 30 heavy (non-hydrogen) atoms. The van der Waals surface area contributed by atoms with E-state index in [-0.39, 0.29) is 16.9 Å². The van der Waals surface area contributed by atoms with Crippen LogP contribution >= 0.6 is 0 Å². The molecule has 158 valence electrons. The van der Waals surface area contributed by atoms with Crippen molar-refractivity contribution in [2.24, 2.45) is 0 Å². The van der Waals surface area contributed by atoms with E-state index < -0.39 is 11.4 Å². The molecule has 0 saturated heterocycles. The summed E-state index contributed by atoms with van der Waals surface area (Å²) < 4.78 is 12.9. The molecule has 2 heterocycles. The summed E-state index contributed by atoms with van der Waals surface area (Å²) in [5, 5.41) is 9.41. The Bertz CT molecular complexity index is 1080. The lowest BCUT2D eigenvalue weighted by Gasteiger charge is -2.48. The van der Waals surface area contributed by atoms with E-state index in [1.165, 1.54) is 19.2 Å². The second-order valence-corrected chi connectivity index (χ2v) is 8.12. The van der Waals surface area contributed by atoms with Crippen LogP contribution in [-0.2, 0) is 16.7 Å². The fraction of sp³-hybridized carbons (Fsp3) is 0.435. The average molecular weight is 411 g/mol. The minimum atomic E-state index is -1.22. The number of aromatic carboxylic acids is 1. The van der Waals surface area contributed by atoms with Crippen LogP contribution in [0.2, 0.25) is 0 Å². The average Bonchev–Trinajstić information content (AvgIpc) is 2.67. The standard InChI is InChI=1S/C23H25NO6/c1-14(25)16-10-17-15(9-21(16)30-8-4-7-29-2)12-23(5-3-6-23)24-13-18(22(27)28)20(26)11-19(17)24/h9-11,13H,3-8,12H2,1-2H3,(H,27,28). The highest BCUT2D eigenvalue weighted by atomic mass is 16.5. The first-order chi connectivity index (χ1) is 14.4. The number of carboxylic acid groups (broad SMARTS) is 1. The van der Waals surface area contributed by atoms with Crippen molar-refractivity contribution in [3.8, 4) is 17.0 Å². The van der Waals surface area contributed by atoms with Gasteiger partial charge in [-0.1, -0.05) is 0 Å². The van der Waals surface area contributed by atoms with Gasteiger partial charge in [0.25, 0.3) is 0 Å². The molecule has 1 saturated carbocycles. The van der Waals surface area contributed by atoms with Crippen molar-refractivity contribution in [2.45, 2.75) is 44.6 Å². The number of Topliss-reactive ketones (excluding diaryl/α,β-unsaturated/α-hetero) is 1. The molecule has 1 fully saturated rings. The molecule has 1 aliphatic heterocycles. The molecular weight excluding hydrogens is 386 g/mol. The number of fused-ring (bicyclic) bond motifs is 4. The Labute approximate surface area is 174 Å². The maximum absolute atomic E-state index is 12.5. The van der Waals surface area contributed by atoms with Crippen molar-refractivity contribution < 1.29 is 24.2 Å².